The van der Waals surface area contributed by atoms with Crippen LogP contribution in [0.3, 0.4) is 0 Å². The van der Waals surface area contributed by atoms with E-state index in [4.69, 9.17) is 5.73 Å². The number of rotatable bonds is 5. The molecule has 94 valence electrons. The van der Waals surface area contributed by atoms with Crippen molar-refractivity contribution in [2.75, 3.05) is 5.32 Å². The van der Waals surface area contributed by atoms with Crippen LogP contribution in [0.4, 0.5) is 5.82 Å². The van der Waals surface area contributed by atoms with Crippen molar-refractivity contribution in [2.24, 2.45) is 11.7 Å². The van der Waals surface area contributed by atoms with Gasteiger partial charge in [0.15, 0.2) is 0 Å². The van der Waals surface area contributed by atoms with E-state index in [0.29, 0.717) is 12.3 Å². The summed E-state index contributed by atoms with van der Waals surface area (Å²) in [7, 11) is 0. The molecule has 1 aromatic rings. The van der Waals surface area contributed by atoms with Gasteiger partial charge in [0.25, 0.3) is 0 Å². The highest BCUT2D eigenvalue weighted by atomic mass is 16.1. The van der Waals surface area contributed by atoms with E-state index < -0.39 is 0 Å². The van der Waals surface area contributed by atoms with Crippen molar-refractivity contribution < 1.29 is 4.79 Å². The van der Waals surface area contributed by atoms with E-state index in [1.165, 1.54) is 12.8 Å². The van der Waals surface area contributed by atoms with Crippen molar-refractivity contribution in [1.29, 1.82) is 0 Å². The van der Waals surface area contributed by atoms with Gasteiger partial charge in [-0.15, -0.1) is 0 Å². The summed E-state index contributed by atoms with van der Waals surface area (Å²) in [5.41, 5.74) is 5.92. The van der Waals surface area contributed by atoms with Crippen LogP contribution in [-0.4, -0.2) is 21.7 Å². The van der Waals surface area contributed by atoms with Gasteiger partial charge in [0, 0.05) is 24.6 Å². The van der Waals surface area contributed by atoms with Gasteiger partial charge in [0.2, 0.25) is 5.91 Å². The standard InChI is InChI=1S/C12H20N4O/c1-8(2)16-11(5-6-14-16)15-12(17)7-10(13)9-3-4-9/h5-6,8-10H,3-4,7,13H2,1-2H3,(H,15,17). The second kappa shape index (κ2) is 4.87. The molecule has 1 saturated carbocycles. The Labute approximate surface area is 101 Å². The summed E-state index contributed by atoms with van der Waals surface area (Å²) in [5.74, 6) is 1.27. The third-order valence-corrected chi connectivity index (χ3v) is 3.08. The molecule has 1 amide bonds. The number of carbonyl (C=O) groups excluding carboxylic acids is 1. The van der Waals surface area contributed by atoms with E-state index in [-0.39, 0.29) is 18.0 Å². The molecule has 1 heterocycles. The first kappa shape index (κ1) is 12.1. The normalized spacial score (nSPS) is 17.2. The minimum Gasteiger partial charge on any atom is -0.327 e. The molecule has 1 aromatic heterocycles. The number of amides is 1. The smallest absolute Gasteiger partial charge is 0.227 e. The lowest BCUT2D eigenvalue weighted by molar-refractivity contribution is -0.116. The first-order chi connectivity index (χ1) is 8.08. The van der Waals surface area contributed by atoms with Crippen molar-refractivity contribution in [3.63, 3.8) is 0 Å². The summed E-state index contributed by atoms with van der Waals surface area (Å²) < 4.78 is 1.79. The quantitative estimate of drug-likeness (QED) is 0.814. The molecule has 0 aliphatic heterocycles. The van der Waals surface area contributed by atoms with Crippen LogP contribution in [-0.2, 0) is 4.79 Å². The van der Waals surface area contributed by atoms with E-state index in [2.05, 4.69) is 10.4 Å². The highest BCUT2D eigenvalue weighted by Crippen LogP contribution is 2.32. The fourth-order valence-electron chi connectivity index (χ4n) is 1.92. The lowest BCUT2D eigenvalue weighted by Crippen LogP contribution is -2.29. The molecule has 0 aromatic carbocycles. The maximum Gasteiger partial charge on any atom is 0.227 e. The fourth-order valence-corrected chi connectivity index (χ4v) is 1.92. The van der Waals surface area contributed by atoms with Gasteiger partial charge >= 0.3 is 0 Å². The average molecular weight is 236 g/mol. The van der Waals surface area contributed by atoms with E-state index in [1.807, 2.05) is 13.8 Å². The molecule has 1 aliphatic carbocycles. The average Bonchev–Trinajstić information content (AvgIpc) is 2.99. The van der Waals surface area contributed by atoms with E-state index in [0.717, 1.165) is 5.82 Å². The number of hydrogen-bond acceptors (Lipinski definition) is 3. The zero-order chi connectivity index (χ0) is 12.4. The van der Waals surface area contributed by atoms with Gasteiger partial charge in [-0.3, -0.25) is 4.79 Å². The van der Waals surface area contributed by atoms with Crippen LogP contribution in [0.2, 0.25) is 0 Å². The Kier molecular flexibility index (Phi) is 3.47. The van der Waals surface area contributed by atoms with Gasteiger partial charge in [0.1, 0.15) is 5.82 Å². The maximum atomic E-state index is 11.8. The number of nitrogens with one attached hydrogen (secondary N) is 1. The van der Waals surface area contributed by atoms with Crippen LogP contribution >= 0.6 is 0 Å². The number of carbonyl (C=O) groups is 1. The summed E-state index contributed by atoms with van der Waals surface area (Å²) in [6.07, 6.45) is 4.42. The molecule has 0 radical (unpaired) electrons. The Hall–Kier alpha value is -1.36. The summed E-state index contributed by atoms with van der Waals surface area (Å²) >= 11 is 0. The molecule has 5 nitrogen and oxygen atoms in total. The SMILES string of the molecule is CC(C)n1nccc1NC(=O)CC(N)C1CC1. The minimum atomic E-state index is -0.0215. The topological polar surface area (TPSA) is 72.9 Å². The molecule has 2 rings (SSSR count). The Balaban J connectivity index is 1.90. The minimum absolute atomic E-state index is 0.00502. The molecular formula is C12H20N4O. The maximum absolute atomic E-state index is 11.8. The van der Waals surface area contributed by atoms with Gasteiger partial charge < -0.3 is 11.1 Å². The molecule has 1 fully saturated rings. The lowest BCUT2D eigenvalue weighted by Gasteiger charge is -2.13. The number of nitrogens with two attached hydrogens (primary N) is 1. The molecule has 3 N–H and O–H groups in total. The summed E-state index contributed by atoms with van der Waals surface area (Å²) in [4.78, 5) is 11.8. The van der Waals surface area contributed by atoms with E-state index in [9.17, 15) is 4.79 Å². The predicted molar refractivity (Wildman–Crippen MR) is 66.6 cm³/mol. The van der Waals surface area contributed by atoms with Gasteiger partial charge in [-0.1, -0.05) is 0 Å². The van der Waals surface area contributed by atoms with Crippen LogP contribution < -0.4 is 11.1 Å². The molecule has 1 aliphatic rings. The van der Waals surface area contributed by atoms with E-state index >= 15 is 0 Å². The molecule has 0 saturated heterocycles. The second-order valence-electron chi connectivity index (χ2n) is 5.01. The van der Waals surface area contributed by atoms with Crippen molar-refractivity contribution in [2.45, 2.75) is 45.2 Å². The van der Waals surface area contributed by atoms with Crippen molar-refractivity contribution in [1.82, 2.24) is 9.78 Å². The van der Waals surface area contributed by atoms with Crippen LogP contribution in [0, 0.1) is 5.92 Å². The Morgan fingerprint density at radius 2 is 2.35 bits per heavy atom. The summed E-state index contributed by atoms with van der Waals surface area (Å²) in [6.45, 7) is 4.05. The van der Waals surface area contributed by atoms with Crippen molar-refractivity contribution in [3.05, 3.63) is 12.3 Å². The molecule has 0 spiro atoms. The zero-order valence-electron chi connectivity index (χ0n) is 10.4. The van der Waals surface area contributed by atoms with Crippen LogP contribution in [0.5, 0.6) is 0 Å². The van der Waals surface area contributed by atoms with Crippen LogP contribution in [0.15, 0.2) is 12.3 Å². The Morgan fingerprint density at radius 1 is 1.65 bits per heavy atom. The first-order valence-corrected chi connectivity index (χ1v) is 6.17. The van der Waals surface area contributed by atoms with Gasteiger partial charge in [-0.2, -0.15) is 5.10 Å². The first-order valence-electron chi connectivity index (χ1n) is 6.17. The van der Waals surface area contributed by atoms with E-state index in [1.54, 1.807) is 16.9 Å². The third-order valence-electron chi connectivity index (χ3n) is 3.08. The molecular weight excluding hydrogens is 216 g/mol. The largest absolute Gasteiger partial charge is 0.327 e. The Bertz CT molecular complexity index is 395. The monoisotopic (exact) mass is 236 g/mol. The zero-order valence-corrected chi connectivity index (χ0v) is 10.4. The number of anilines is 1. The van der Waals surface area contributed by atoms with Gasteiger partial charge in [-0.05, 0) is 32.6 Å². The second-order valence-corrected chi connectivity index (χ2v) is 5.01. The van der Waals surface area contributed by atoms with Gasteiger partial charge in [0.05, 0.1) is 6.20 Å². The number of nitrogens with zero attached hydrogens (tertiary/aromatic N) is 2. The van der Waals surface area contributed by atoms with Crippen molar-refractivity contribution in [3.8, 4) is 0 Å². The Morgan fingerprint density at radius 3 is 2.94 bits per heavy atom. The summed E-state index contributed by atoms with van der Waals surface area (Å²) in [6, 6.07) is 2.04. The lowest BCUT2D eigenvalue weighted by atomic mass is 10.1. The highest BCUT2D eigenvalue weighted by Gasteiger charge is 2.29. The van der Waals surface area contributed by atoms with Crippen LogP contribution in [0.25, 0.3) is 0 Å². The fraction of sp³-hybridized carbons (Fsp3) is 0.667. The van der Waals surface area contributed by atoms with Crippen LogP contribution in [0.1, 0.15) is 39.2 Å². The molecule has 0 bridgehead atoms. The molecule has 1 unspecified atom stereocenters. The van der Waals surface area contributed by atoms with Crippen molar-refractivity contribution >= 4 is 11.7 Å². The van der Waals surface area contributed by atoms with Gasteiger partial charge in [-0.25, -0.2) is 4.68 Å². The highest BCUT2D eigenvalue weighted by molar-refractivity contribution is 5.90. The molecule has 17 heavy (non-hydrogen) atoms. The number of hydrogen-bond donors (Lipinski definition) is 2. The molecule has 5 heteroatoms. The third kappa shape index (κ3) is 3.06. The number of aromatic nitrogens is 2. The summed E-state index contributed by atoms with van der Waals surface area (Å²) in [5, 5.41) is 7.03. The molecule has 1 atom stereocenters. The predicted octanol–water partition coefficient (Wildman–Crippen LogP) is 1.53.